The number of methoxy groups -OCH3 is 1. The number of likely N-dealkylation sites (tertiary alicyclic amines) is 1. The van der Waals surface area contributed by atoms with Crippen molar-refractivity contribution >= 4 is 38.3 Å². The number of fused-ring (bicyclic) bond motifs is 1. The summed E-state index contributed by atoms with van der Waals surface area (Å²) in [7, 11) is 1.67. The van der Waals surface area contributed by atoms with Gasteiger partial charge in [0.25, 0.3) is 0 Å². The summed E-state index contributed by atoms with van der Waals surface area (Å²) in [5, 5.41) is 7.06. The number of amides is 1. The van der Waals surface area contributed by atoms with Gasteiger partial charge >= 0.3 is 0 Å². The average Bonchev–Trinajstić information content (AvgIpc) is 3.14. The fourth-order valence-corrected chi connectivity index (χ4v) is 4.44. The molecule has 1 fully saturated rings. The lowest BCUT2D eigenvalue weighted by atomic mass is 10.1. The molecule has 6 nitrogen and oxygen atoms in total. The number of nitrogens with zero attached hydrogens (tertiary/aromatic N) is 2. The van der Waals surface area contributed by atoms with Gasteiger partial charge in [-0.3, -0.25) is 9.69 Å². The first-order valence-corrected chi connectivity index (χ1v) is 10.8. The molecule has 0 unspecified atom stereocenters. The molecule has 0 saturated carbocycles. The topological polar surface area (TPSA) is 66.5 Å². The van der Waals surface area contributed by atoms with Crippen LogP contribution in [0.3, 0.4) is 0 Å². The third kappa shape index (κ3) is 5.25. The Bertz CT molecular complexity index is 965. The van der Waals surface area contributed by atoms with Gasteiger partial charge in [-0.25, -0.2) is 4.98 Å². The predicted molar refractivity (Wildman–Crippen MR) is 119 cm³/mol. The van der Waals surface area contributed by atoms with E-state index in [1.54, 1.807) is 7.11 Å². The smallest absolute Gasteiger partial charge is 0.240 e. The normalized spacial score (nSPS) is 14.7. The van der Waals surface area contributed by atoms with Crippen LogP contribution in [0.25, 0.3) is 10.2 Å². The summed E-state index contributed by atoms with van der Waals surface area (Å²) in [4.78, 5) is 19.1. The number of rotatable bonds is 7. The molecule has 29 heavy (non-hydrogen) atoms. The van der Waals surface area contributed by atoms with Crippen LogP contribution in [-0.4, -0.2) is 42.5 Å². The molecule has 152 valence electrons. The van der Waals surface area contributed by atoms with Gasteiger partial charge in [-0.05, 0) is 61.8 Å². The van der Waals surface area contributed by atoms with E-state index >= 15 is 0 Å². The van der Waals surface area contributed by atoms with Crippen LogP contribution in [0, 0.1) is 0 Å². The van der Waals surface area contributed by atoms with Gasteiger partial charge in [0.15, 0.2) is 5.13 Å². The second kappa shape index (κ2) is 9.24. The van der Waals surface area contributed by atoms with Gasteiger partial charge in [0, 0.05) is 12.2 Å². The molecule has 3 aromatic rings. The largest absolute Gasteiger partial charge is 0.497 e. The molecular formula is C22H26N4O2S. The monoisotopic (exact) mass is 410 g/mol. The predicted octanol–water partition coefficient (Wildman–Crippen LogP) is 4.34. The number of aromatic nitrogens is 1. The molecule has 0 aliphatic carbocycles. The molecule has 1 saturated heterocycles. The number of ether oxygens (including phenoxy) is 1. The Balaban J connectivity index is 1.35. The maximum atomic E-state index is 12.3. The van der Waals surface area contributed by atoms with Crippen molar-refractivity contribution in [3.63, 3.8) is 0 Å². The number of anilines is 2. The van der Waals surface area contributed by atoms with Crippen LogP contribution in [0.1, 0.15) is 24.8 Å². The Morgan fingerprint density at radius 1 is 1.14 bits per heavy atom. The molecule has 7 heteroatoms. The fourth-order valence-electron chi connectivity index (χ4n) is 3.51. The van der Waals surface area contributed by atoms with E-state index in [1.165, 1.54) is 36.2 Å². The Hall–Kier alpha value is -2.64. The molecule has 1 aromatic heterocycles. The first-order valence-electron chi connectivity index (χ1n) is 9.99. The number of carbonyl (C=O) groups is 1. The van der Waals surface area contributed by atoms with Gasteiger partial charge in [-0.15, -0.1) is 0 Å². The SMILES string of the molecule is COc1ccc(CNc2ccc3nc(NC(=O)CN4CCCCC4)sc3c2)cc1. The average molecular weight is 411 g/mol. The molecule has 0 radical (unpaired) electrons. The highest BCUT2D eigenvalue weighted by Gasteiger charge is 2.15. The van der Waals surface area contributed by atoms with Gasteiger partial charge in [0.05, 0.1) is 23.9 Å². The zero-order chi connectivity index (χ0) is 20.1. The maximum Gasteiger partial charge on any atom is 0.240 e. The fraction of sp³-hybridized carbons (Fsp3) is 0.364. The molecular weight excluding hydrogens is 384 g/mol. The Morgan fingerprint density at radius 2 is 1.93 bits per heavy atom. The summed E-state index contributed by atoms with van der Waals surface area (Å²) in [5.74, 6) is 0.874. The second-order valence-electron chi connectivity index (χ2n) is 7.29. The van der Waals surface area contributed by atoms with Crippen LogP contribution in [0.5, 0.6) is 5.75 Å². The van der Waals surface area contributed by atoms with Crippen molar-refractivity contribution in [1.82, 2.24) is 9.88 Å². The van der Waals surface area contributed by atoms with Crippen LogP contribution in [0.15, 0.2) is 42.5 Å². The summed E-state index contributed by atoms with van der Waals surface area (Å²) in [6, 6.07) is 14.1. The standard InChI is InChI=1S/C22H26N4O2S/c1-28-18-8-5-16(6-9-18)14-23-17-7-10-19-20(13-17)29-22(24-19)25-21(27)15-26-11-3-2-4-12-26/h5-10,13,23H,2-4,11-12,14-15H2,1H3,(H,24,25,27). The Labute approximate surface area is 174 Å². The number of hydrogen-bond acceptors (Lipinski definition) is 6. The summed E-state index contributed by atoms with van der Waals surface area (Å²) >= 11 is 1.51. The van der Waals surface area contributed by atoms with Crippen LogP contribution < -0.4 is 15.4 Å². The van der Waals surface area contributed by atoms with Crippen molar-refractivity contribution in [3.8, 4) is 5.75 Å². The minimum absolute atomic E-state index is 0.0174. The quantitative estimate of drug-likeness (QED) is 0.606. The first kappa shape index (κ1) is 19.7. The van der Waals surface area contributed by atoms with Crippen LogP contribution >= 0.6 is 11.3 Å². The Morgan fingerprint density at radius 3 is 2.69 bits per heavy atom. The lowest BCUT2D eigenvalue weighted by Crippen LogP contribution is -2.36. The van der Waals surface area contributed by atoms with E-state index in [9.17, 15) is 4.79 Å². The number of nitrogens with one attached hydrogen (secondary N) is 2. The van der Waals surface area contributed by atoms with Crippen molar-refractivity contribution < 1.29 is 9.53 Å². The van der Waals surface area contributed by atoms with Crippen molar-refractivity contribution in [2.45, 2.75) is 25.8 Å². The molecule has 2 heterocycles. The van der Waals surface area contributed by atoms with Crippen LogP contribution in [0.2, 0.25) is 0 Å². The molecule has 0 bridgehead atoms. The van der Waals surface area contributed by atoms with Crippen LogP contribution in [0.4, 0.5) is 10.8 Å². The second-order valence-corrected chi connectivity index (χ2v) is 8.32. The van der Waals surface area contributed by atoms with E-state index in [4.69, 9.17) is 4.74 Å². The van der Waals surface area contributed by atoms with E-state index in [1.807, 2.05) is 36.4 Å². The van der Waals surface area contributed by atoms with E-state index < -0.39 is 0 Å². The molecule has 1 aliphatic rings. The van der Waals surface area contributed by atoms with Crippen molar-refractivity contribution in [3.05, 3.63) is 48.0 Å². The summed E-state index contributed by atoms with van der Waals surface area (Å²) < 4.78 is 6.25. The number of piperidine rings is 1. The molecule has 2 N–H and O–H groups in total. The van der Waals surface area contributed by atoms with E-state index in [2.05, 4.69) is 26.6 Å². The molecule has 4 rings (SSSR count). The van der Waals surface area contributed by atoms with Crippen molar-refractivity contribution in [2.75, 3.05) is 37.4 Å². The number of thiazole rings is 1. The molecule has 2 aromatic carbocycles. The van der Waals surface area contributed by atoms with E-state index in [0.29, 0.717) is 11.7 Å². The summed E-state index contributed by atoms with van der Waals surface area (Å²) in [5.41, 5.74) is 3.11. The van der Waals surface area contributed by atoms with E-state index in [-0.39, 0.29) is 5.91 Å². The highest BCUT2D eigenvalue weighted by molar-refractivity contribution is 7.22. The molecule has 0 spiro atoms. The van der Waals surface area contributed by atoms with Gasteiger partial charge < -0.3 is 15.4 Å². The maximum absolute atomic E-state index is 12.3. The van der Waals surface area contributed by atoms with Gasteiger partial charge in [0.2, 0.25) is 5.91 Å². The zero-order valence-electron chi connectivity index (χ0n) is 16.6. The van der Waals surface area contributed by atoms with Crippen molar-refractivity contribution in [2.24, 2.45) is 0 Å². The van der Waals surface area contributed by atoms with Gasteiger partial charge in [0.1, 0.15) is 5.75 Å². The highest BCUT2D eigenvalue weighted by Crippen LogP contribution is 2.28. The molecule has 1 aliphatic heterocycles. The first-order chi connectivity index (χ1) is 14.2. The zero-order valence-corrected chi connectivity index (χ0v) is 17.4. The lowest BCUT2D eigenvalue weighted by Gasteiger charge is -2.25. The molecule has 0 atom stereocenters. The van der Waals surface area contributed by atoms with Gasteiger partial charge in [-0.1, -0.05) is 29.9 Å². The van der Waals surface area contributed by atoms with Gasteiger partial charge in [-0.2, -0.15) is 0 Å². The highest BCUT2D eigenvalue weighted by atomic mass is 32.1. The summed E-state index contributed by atoms with van der Waals surface area (Å²) in [6.45, 7) is 3.20. The molecule has 1 amide bonds. The lowest BCUT2D eigenvalue weighted by molar-refractivity contribution is -0.117. The summed E-state index contributed by atoms with van der Waals surface area (Å²) in [6.07, 6.45) is 3.63. The van der Waals surface area contributed by atoms with E-state index in [0.717, 1.165) is 41.3 Å². The number of benzene rings is 2. The number of carbonyl (C=O) groups excluding carboxylic acids is 1. The van der Waals surface area contributed by atoms with Crippen LogP contribution in [-0.2, 0) is 11.3 Å². The Kier molecular flexibility index (Phi) is 6.27. The minimum atomic E-state index is 0.0174. The number of hydrogen-bond donors (Lipinski definition) is 2. The third-order valence-corrected chi connectivity index (χ3v) is 6.04. The minimum Gasteiger partial charge on any atom is -0.497 e. The third-order valence-electron chi connectivity index (χ3n) is 5.11. The van der Waals surface area contributed by atoms with Crippen molar-refractivity contribution in [1.29, 1.82) is 0 Å².